The molecule has 1 N–H and O–H groups in total. The zero-order chi connectivity index (χ0) is 12.8. The van der Waals surface area contributed by atoms with E-state index in [1.165, 1.54) is 0 Å². The van der Waals surface area contributed by atoms with Crippen molar-refractivity contribution in [2.24, 2.45) is 0 Å². The summed E-state index contributed by atoms with van der Waals surface area (Å²) in [5, 5.41) is 9.73. The van der Waals surface area contributed by atoms with E-state index in [0.29, 0.717) is 22.9 Å². The molecule has 96 valence electrons. The van der Waals surface area contributed by atoms with Gasteiger partial charge >= 0.3 is 0 Å². The van der Waals surface area contributed by atoms with Crippen molar-refractivity contribution < 1.29 is 9.84 Å². The minimum Gasteiger partial charge on any atom is -0.492 e. The molecule has 0 spiro atoms. The first-order valence-corrected chi connectivity index (χ1v) is 6.16. The number of para-hydroxylation sites is 1. The van der Waals surface area contributed by atoms with Crippen LogP contribution in [0.15, 0.2) is 36.9 Å². The van der Waals surface area contributed by atoms with E-state index in [4.69, 9.17) is 16.3 Å². The van der Waals surface area contributed by atoms with Crippen molar-refractivity contribution in [2.45, 2.75) is 19.6 Å². The largest absolute Gasteiger partial charge is 0.492 e. The van der Waals surface area contributed by atoms with Crippen molar-refractivity contribution in [3.05, 3.63) is 47.5 Å². The number of rotatable bonds is 6. The fourth-order valence-corrected chi connectivity index (χ4v) is 1.93. The highest BCUT2D eigenvalue weighted by molar-refractivity contribution is 6.32. The summed E-state index contributed by atoms with van der Waals surface area (Å²) >= 11 is 6.04. The van der Waals surface area contributed by atoms with Crippen LogP contribution in [0.25, 0.3) is 0 Å². The number of benzene rings is 1. The van der Waals surface area contributed by atoms with E-state index in [9.17, 15) is 5.11 Å². The molecule has 0 radical (unpaired) electrons. The molecule has 0 fully saturated rings. The maximum atomic E-state index is 9.20. The third kappa shape index (κ3) is 3.24. The molecular formula is C13H15ClN2O2. The zero-order valence-corrected chi connectivity index (χ0v) is 10.7. The smallest absolute Gasteiger partial charge is 0.143 e. The van der Waals surface area contributed by atoms with E-state index in [0.717, 1.165) is 13.0 Å². The molecule has 0 aliphatic heterocycles. The maximum absolute atomic E-state index is 9.20. The quantitative estimate of drug-likeness (QED) is 0.817. The topological polar surface area (TPSA) is 47.3 Å². The van der Waals surface area contributed by atoms with Crippen LogP contribution in [-0.2, 0) is 13.2 Å². The minimum atomic E-state index is -0.0720. The second-order valence-corrected chi connectivity index (χ2v) is 4.30. The molecular weight excluding hydrogens is 252 g/mol. The van der Waals surface area contributed by atoms with Gasteiger partial charge in [-0.05, 0) is 12.5 Å². The Bertz CT molecular complexity index is 486. The summed E-state index contributed by atoms with van der Waals surface area (Å²) in [7, 11) is 0. The molecule has 2 aromatic rings. The lowest BCUT2D eigenvalue weighted by Crippen LogP contribution is -2.05. The summed E-state index contributed by atoms with van der Waals surface area (Å²) in [6, 6.07) is 5.36. The molecule has 0 aliphatic carbocycles. The van der Waals surface area contributed by atoms with Gasteiger partial charge in [0.1, 0.15) is 5.75 Å². The summed E-state index contributed by atoms with van der Waals surface area (Å²) in [5.74, 6) is 0.576. The van der Waals surface area contributed by atoms with Gasteiger partial charge in [0.2, 0.25) is 0 Å². The lowest BCUT2D eigenvalue weighted by Gasteiger charge is -2.11. The average molecular weight is 267 g/mol. The van der Waals surface area contributed by atoms with Gasteiger partial charge in [0.15, 0.2) is 0 Å². The molecule has 4 nitrogen and oxygen atoms in total. The highest BCUT2D eigenvalue weighted by Crippen LogP contribution is 2.28. The Labute approximate surface area is 111 Å². The van der Waals surface area contributed by atoms with Gasteiger partial charge in [0.05, 0.1) is 24.6 Å². The molecule has 1 aromatic carbocycles. The fraction of sp³-hybridized carbons (Fsp3) is 0.308. The monoisotopic (exact) mass is 266 g/mol. The SMILES string of the molecule is OCc1cccc(Cl)c1OCCCn1ccnc1. The lowest BCUT2D eigenvalue weighted by molar-refractivity contribution is 0.259. The number of ether oxygens (including phenoxy) is 1. The van der Waals surface area contributed by atoms with Gasteiger partial charge in [-0.15, -0.1) is 0 Å². The molecule has 1 aromatic heterocycles. The molecule has 2 rings (SSSR count). The van der Waals surface area contributed by atoms with Crippen LogP contribution in [0, 0.1) is 0 Å². The third-order valence-corrected chi connectivity index (χ3v) is 2.88. The van der Waals surface area contributed by atoms with Crippen LogP contribution in [0.1, 0.15) is 12.0 Å². The van der Waals surface area contributed by atoms with E-state index in [1.54, 1.807) is 30.7 Å². The Balaban J connectivity index is 1.86. The van der Waals surface area contributed by atoms with Gasteiger partial charge in [-0.1, -0.05) is 23.7 Å². The second kappa shape index (κ2) is 6.42. The summed E-state index contributed by atoms with van der Waals surface area (Å²) in [6.07, 6.45) is 6.29. The number of aryl methyl sites for hydroxylation is 1. The van der Waals surface area contributed by atoms with Crippen molar-refractivity contribution in [2.75, 3.05) is 6.61 Å². The van der Waals surface area contributed by atoms with Crippen molar-refractivity contribution in [3.8, 4) is 5.75 Å². The summed E-state index contributed by atoms with van der Waals surface area (Å²) in [5.41, 5.74) is 0.713. The first-order valence-electron chi connectivity index (χ1n) is 5.78. The predicted octanol–water partition coefficient (Wildman–Crippen LogP) is 2.50. The molecule has 1 heterocycles. The maximum Gasteiger partial charge on any atom is 0.143 e. The van der Waals surface area contributed by atoms with Crippen LogP contribution in [0.2, 0.25) is 5.02 Å². The molecule has 0 bridgehead atoms. The van der Waals surface area contributed by atoms with Crippen molar-refractivity contribution >= 4 is 11.6 Å². The third-order valence-electron chi connectivity index (χ3n) is 2.59. The number of imidazole rings is 1. The van der Waals surface area contributed by atoms with Crippen molar-refractivity contribution in [1.82, 2.24) is 9.55 Å². The molecule has 0 aliphatic rings. The Kier molecular flexibility index (Phi) is 4.61. The van der Waals surface area contributed by atoms with Gasteiger partial charge in [-0.25, -0.2) is 4.98 Å². The summed E-state index contributed by atoms with van der Waals surface area (Å²) in [4.78, 5) is 3.97. The van der Waals surface area contributed by atoms with Crippen LogP contribution >= 0.6 is 11.6 Å². The molecule has 18 heavy (non-hydrogen) atoms. The Morgan fingerprint density at radius 2 is 2.28 bits per heavy atom. The first kappa shape index (κ1) is 12.9. The van der Waals surface area contributed by atoms with Gasteiger partial charge in [0.25, 0.3) is 0 Å². The van der Waals surface area contributed by atoms with Crippen LogP contribution in [0.4, 0.5) is 0 Å². The number of nitrogens with zero attached hydrogens (tertiary/aromatic N) is 2. The Morgan fingerprint density at radius 3 is 3.00 bits per heavy atom. The van der Waals surface area contributed by atoms with Crippen molar-refractivity contribution in [1.29, 1.82) is 0 Å². The van der Waals surface area contributed by atoms with E-state index < -0.39 is 0 Å². The van der Waals surface area contributed by atoms with E-state index in [1.807, 2.05) is 10.8 Å². The molecule has 0 saturated carbocycles. The van der Waals surface area contributed by atoms with Crippen LogP contribution < -0.4 is 4.74 Å². The Morgan fingerprint density at radius 1 is 1.39 bits per heavy atom. The fourth-order valence-electron chi connectivity index (χ4n) is 1.68. The molecule has 0 saturated heterocycles. The second-order valence-electron chi connectivity index (χ2n) is 3.89. The first-order chi connectivity index (χ1) is 8.81. The van der Waals surface area contributed by atoms with Gasteiger partial charge in [0, 0.05) is 24.5 Å². The van der Waals surface area contributed by atoms with Gasteiger partial charge in [-0.3, -0.25) is 0 Å². The summed E-state index contributed by atoms with van der Waals surface area (Å²) in [6.45, 7) is 1.32. The van der Waals surface area contributed by atoms with E-state index in [-0.39, 0.29) is 6.61 Å². The summed E-state index contributed by atoms with van der Waals surface area (Å²) < 4.78 is 7.62. The highest BCUT2D eigenvalue weighted by atomic mass is 35.5. The number of aromatic nitrogens is 2. The number of aliphatic hydroxyl groups excluding tert-OH is 1. The lowest BCUT2D eigenvalue weighted by atomic mass is 10.2. The number of aliphatic hydroxyl groups is 1. The zero-order valence-electron chi connectivity index (χ0n) is 9.92. The Hall–Kier alpha value is -1.52. The molecule has 0 atom stereocenters. The van der Waals surface area contributed by atoms with Crippen molar-refractivity contribution in [3.63, 3.8) is 0 Å². The van der Waals surface area contributed by atoms with Gasteiger partial charge in [-0.2, -0.15) is 0 Å². The van der Waals surface area contributed by atoms with Crippen LogP contribution in [0.3, 0.4) is 0 Å². The average Bonchev–Trinajstić information content (AvgIpc) is 2.89. The molecule has 0 amide bonds. The highest BCUT2D eigenvalue weighted by Gasteiger charge is 2.07. The normalized spacial score (nSPS) is 10.6. The molecule has 0 unspecified atom stereocenters. The predicted molar refractivity (Wildman–Crippen MR) is 69.7 cm³/mol. The standard InChI is InChI=1S/C13H15ClN2O2/c14-12-4-1-3-11(9-17)13(12)18-8-2-6-16-7-5-15-10-16/h1,3-5,7,10,17H,2,6,8-9H2. The number of hydrogen-bond donors (Lipinski definition) is 1. The number of hydrogen-bond acceptors (Lipinski definition) is 3. The van der Waals surface area contributed by atoms with Crippen LogP contribution in [-0.4, -0.2) is 21.3 Å². The molecule has 5 heteroatoms. The van der Waals surface area contributed by atoms with Crippen LogP contribution in [0.5, 0.6) is 5.75 Å². The van der Waals surface area contributed by atoms with E-state index in [2.05, 4.69) is 4.98 Å². The minimum absolute atomic E-state index is 0.0720. The van der Waals surface area contributed by atoms with Gasteiger partial charge < -0.3 is 14.4 Å². The number of halogens is 1. The van der Waals surface area contributed by atoms with E-state index >= 15 is 0 Å².